The number of nitrogens with zero attached hydrogens (tertiary/aromatic N) is 2. The fourth-order valence-electron chi connectivity index (χ4n) is 5.15. The van der Waals surface area contributed by atoms with E-state index in [9.17, 15) is 5.11 Å². The van der Waals surface area contributed by atoms with Gasteiger partial charge in [0.15, 0.2) is 0 Å². The summed E-state index contributed by atoms with van der Waals surface area (Å²) < 4.78 is 18.3. The maximum atomic E-state index is 11.8. The van der Waals surface area contributed by atoms with Crippen LogP contribution in [0, 0.1) is 0 Å². The molecule has 3 aliphatic heterocycles. The fraction of sp³-hybridized carbons (Fsp3) is 0.560. The number of morpholine rings is 1. The zero-order valence-electron chi connectivity index (χ0n) is 19.5. The van der Waals surface area contributed by atoms with E-state index in [1.54, 1.807) is 12.4 Å². The van der Waals surface area contributed by atoms with Crippen molar-refractivity contribution in [2.75, 3.05) is 13.2 Å². The Kier molecular flexibility index (Phi) is 5.46. The van der Waals surface area contributed by atoms with E-state index in [1.807, 2.05) is 39.8 Å². The van der Waals surface area contributed by atoms with Gasteiger partial charge in [-0.3, -0.25) is 9.88 Å². The molecule has 6 nitrogen and oxygen atoms in total. The number of aromatic nitrogens is 1. The van der Waals surface area contributed by atoms with Crippen LogP contribution in [-0.2, 0) is 26.2 Å². The highest BCUT2D eigenvalue weighted by Gasteiger charge is 2.52. The number of hydrogen-bond donors (Lipinski definition) is 1. The van der Waals surface area contributed by atoms with E-state index < -0.39 is 23.9 Å². The van der Waals surface area contributed by atoms with E-state index in [0.29, 0.717) is 26.1 Å². The number of aliphatic hydroxyl groups is 1. The van der Waals surface area contributed by atoms with Gasteiger partial charge >= 0.3 is 7.12 Å². The largest absolute Gasteiger partial charge is 0.496 e. The molecule has 3 fully saturated rings. The number of rotatable bonds is 4. The topological polar surface area (TPSA) is 64.0 Å². The molecular weight excluding hydrogens is 403 g/mol. The molecule has 170 valence electrons. The first-order valence-corrected chi connectivity index (χ1v) is 11.6. The zero-order valence-corrected chi connectivity index (χ0v) is 19.5. The number of piperidine rings is 1. The number of ether oxygens (including phenoxy) is 1. The van der Waals surface area contributed by atoms with Gasteiger partial charge in [-0.15, -0.1) is 0 Å². The van der Waals surface area contributed by atoms with Crippen LogP contribution in [0.25, 0.3) is 0 Å². The second-order valence-electron chi connectivity index (χ2n) is 10.5. The van der Waals surface area contributed by atoms with Gasteiger partial charge in [-0.05, 0) is 46.1 Å². The second-order valence-corrected chi connectivity index (χ2v) is 10.5. The quantitative estimate of drug-likeness (QED) is 0.744. The SMILES string of the molecule is CC1(C)OB(c2cncc(C3(O)CC4COCC(C3)N4Cc3ccccc3)c2)OC1(C)C. The van der Waals surface area contributed by atoms with E-state index in [-0.39, 0.29) is 12.1 Å². The Morgan fingerprint density at radius 3 is 2.25 bits per heavy atom. The summed E-state index contributed by atoms with van der Waals surface area (Å²) in [5, 5.41) is 11.8. The van der Waals surface area contributed by atoms with Crippen LogP contribution in [-0.4, -0.2) is 58.6 Å². The van der Waals surface area contributed by atoms with Crippen molar-refractivity contribution in [3.8, 4) is 0 Å². The van der Waals surface area contributed by atoms with Crippen molar-refractivity contribution in [3.63, 3.8) is 0 Å². The van der Waals surface area contributed by atoms with Crippen molar-refractivity contribution in [2.24, 2.45) is 0 Å². The van der Waals surface area contributed by atoms with Gasteiger partial charge in [0.1, 0.15) is 0 Å². The molecule has 2 atom stereocenters. The molecule has 1 aromatic heterocycles. The molecule has 5 rings (SSSR count). The van der Waals surface area contributed by atoms with E-state index in [1.165, 1.54) is 5.56 Å². The molecule has 4 heterocycles. The molecule has 7 heteroatoms. The predicted molar refractivity (Wildman–Crippen MR) is 123 cm³/mol. The van der Waals surface area contributed by atoms with Gasteiger partial charge < -0.3 is 19.2 Å². The Morgan fingerprint density at radius 1 is 1.00 bits per heavy atom. The van der Waals surface area contributed by atoms with Crippen molar-refractivity contribution in [2.45, 2.75) is 76.0 Å². The number of hydrogen-bond acceptors (Lipinski definition) is 6. The predicted octanol–water partition coefficient (Wildman–Crippen LogP) is 2.63. The number of pyridine rings is 1. The molecule has 0 aliphatic carbocycles. The van der Waals surface area contributed by atoms with Crippen LogP contribution in [0.4, 0.5) is 0 Å². The summed E-state index contributed by atoms with van der Waals surface area (Å²) in [7, 11) is -0.489. The summed E-state index contributed by atoms with van der Waals surface area (Å²) in [6.07, 6.45) is 4.80. The van der Waals surface area contributed by atoms with Crippen molar-refractivity contribution in [3.05, 3.63) is 59.9 Å². The van der Waals surface area contributed by atoms with Gasteiger partial charge in [0.05, 0.1) is 30.0 Å². The molecule has 2 unspecified atom stereocenters. The lowest BCUT2D eigenvalue weighted by Gasteiger charge is -2.51. The highest BCUT2D eigenvalue weighted by molar-refractivity contribution is 6.62. The first-order valence-electron chi connectivity index (χ1n) is 11.6. The molecule has 1 aromatic carbocycles. The molecule has 2 bridgehead atoms. The van der Waals surface area contributed by atoms with Crippen LogP contribution in [0.3, 0.4) is 0 Å². The minimum Gasteiger partial charge on any atom is -0.399 e. The van der Waals surface area contributed by atoms with E-state index >= 15 is 0 Å². The summed E-state index contributed by atoms with van der Waals surface area (Å²) in [5.74, 6) is 0. The van der Waals surface area contributed by atoms with E-state index in [0.717, 1.165) is 17.6 Å². The molecular formula is C25H33BN2O4. The normalized spacial score (nSPS) is 31.6. The average Bonchev–Trinajstić information content (AvgIpc) is 2.97. The molecule has 0 spiro atoms. The smallest absolute Gasteiger partial charge is 0.399 e. The third-order valence-corrected chi connectivity index (χ3v) is 7.74. The van der Waals surface area contributed by atoms with Crippen LogP contribution < -0.4 is 5.46 Å². The zero-order chi connectivity index (χ0) is 22.6. The lowest BCUT2D eigenvalue weighted by atomic mass is 9.74. The van der Waals surface area contributed by atoms with Gasteiger partial charge in [-0.2, -0.15) is 0 Å². The Balaban J connectivity index is 1.37. The van der Waals surface area contributed by atoms with Crippen LogP contribution >= 0.6 is 0 Å². The number of fused-ring (bicyclic) bond motifs is 2. The molecule has 0 amide bonds. The third-order valence-electron chi connectivity index (χ3n) is 7.74. The van der Waals surface area contributed by atoms with Crippen molar-refractivity contribution in [1.29, 1.82) is 0 Å². The van der Waals surface area contributed by atoms with Gasteiger partial charge in [0, 0.05) is 42.0 Å². The molecule has 0 saturated carbocycles. The third kappa shape index (κ3) is 3.90. The van der Waals surface area contributed by atoms with Gasteiger partial charge in [-0.1, -0.05) is 36.4 Å². The Morgan fingerprint density at radius 2 is 1.62 bits per heavy atom. The van der Waals surface area contributed by atoms with E-state index in [2.05, 4.69) is 34.1 Å². The first-order chi connectivity index (χ1) is 15.2. The minimum absolute atomic E-state index is 0.160. The van der Waals surface area contributed by atoms with Crippen molar-refractivity contribution < 1.29 is 19.2 Å². The van der Waals surface area contributed by atoms with Crippen LogP contribution in [0.5, 0.6) is 0 Å². The molecule has 32 heavy (non-hydrogen) atoms. The Bertz CT molecular complexity index is 937. The molecule has 1 N–H and O–H groups in total. The van der Waals surface area contributed by atoms with Gasteiger partial charge in [-0.25, -0.2) is 0 Å². The van der Waals surface area contributed by atoms with Crippen LogP contribution in [0.2, 0.25) is 0 Å². The standard InChI is InChI=1S/C25H33BN2O4/c1-23(2)24(3,4)32-26(31-23)20-10-19(13-27-14-20)25(29)11-21-16-30-17-22(12-25)28(21)15-18-8-6-5-7-9-18/h5-10,13-14,21-22,29H,11-12,15-17H2,1-4H3. The second kappa shape index (κ2) is 7.92. The maximum absolute atomic E-state index is 11.8. The van der Waals surface area contributed by atoms with Crippen molar-refractivity contribution >= 4 is 12.6 Å². The highest BCUT2D eigenvalue weighted by atomic mass is 16.7. The van der Waals surface area contributed by atoms with Crippen LogP contribution in [0.15, 0.2) is 48.8 Å². The van der Waals surface area contributed by atoms with Gasteiger partial charge in [0.25, 0.3) is 0 Å². The maximum Gasteiger partial charge on any atom is 0.496 e. The van der Waals surface area contributed by atoms with E-state index in [4.69, 9.17) is 14.0 Å². The monoisotopic (exact) mass is 436 g/mol. The Hall–Kier alpha value is -1.77. The first kappa shape index (κ1) is 22.0. The lowest BCUT2D eigenvalue weighted by Crippen LogP contribution is -2.60. The summed E-state index contributed by atoms with van der Waals surface area (Å²) in [4.78, 5) is 6.96. The average molecular weight is 436 g/mol. The van der Waals surface area contributed by atoms with Crippen LogP contribution in [0.1, 0.15) is 51.7 Å². The summed E-state index contributed by atoms with van der Waals surface area (Å²) >= 11 is 0. The summed E-state index contributed by atoms with van der Waals surface area (Å²) in [6.45, 7) is 10.3. The molecule has 0 radical (unpaired) electrons. The summed E-state index contributed by atoms with van der Waals surface area (Å²) in [6, 6.07) is 12.9. The van der Waals surface area contributed by atoms with Gasteiger partial charge in [0.2, 0.25) is 0 Å². The minimum atomic E-state index is -0.945. The molecule has 3 aliphatic rings. The Labute approximate surface area is 191 Å². The molecule has 2 aromatic rings. The highest BCUT2D eigenvalue weighted by Crippen LogP contribution is 2.42. The summed E-state index contributed by atoms with van der Waals surface area (Å²) in [5.41, 5.74) is 1.20. The fourth-order valence-corrected chi connectivity index (χ4v) is 5.15. The number of benzene rings is 1. The van der Waals surface area contributed by atoms with Crippen molar-refractivity contribution in [1.82, 2.24) is 9.88 Å². The molecule has 3 saturated heterocycles. The lowest BCUT2D eigenvalue weighted by molar-refractivity contribution is -0.149.